The van der Waals surface area contributed by atoms with E-state index in [0.29, 0.717) is 17.5 Å². The molecule has 0 heterocycles. The zero-order valence-corrected chi connectivity index (χ0v) is 11.0. The lowest BCUT2D eigenvalue weighted by Gasteiger charge is -2.09. The summed E-state index contributed by atoms with van der Waals surface area (Å²) in [6, 6.07) is 8.81. The molecule has 1 N–H and O–H groups in total. The summed E-state index contributed by atoms with van der Waals surface area (Å²) in [5.74, 6) is -2.13. The summed E-state index contributed by atoms with van der Waals surface area (Å²) in [5, 5.41) is 8.69. The van der Waals surface area contributed by atoms with E-state index in [9.17, 15) is 13.6 Å². The van der Waals surface area contributed by atoms with Gasteiger partial charge in [-0.3, -0.25) is 4.79 Å². The van der Waals surface area contributed by atoms with Gasteiger partial charge >= 0.3 is 5.97 Å². The van der Waals surface area contributed by atoms with Crippen LogP contribution < -0.4 is 0 Å². The molecule has 104 valence electrons. The van der Waals surface area contributed by atoms with Crippen molar-refractivity contribution in [2.45, 2.75) is 19.8 Å². The fourth-order valence-electron chi connectivity index (χ4n) is 2.10. The Morgan fingerprint density at radius 2 is 1.75 bits per heavy atom. The molecule has 0 aliphatic carbocycles. The maximum absolute atomic E-state index is 13.3. The fourth-order valence-corrected chi connectivity index (χ4v) is 2.10. The molecule has 2 rings (SSSR count). The van der Waals surface area contributed by atoms with Crippen LogP contribution in [0.25, 0.3) is 11.1 Å². The van der Waals surface area contributed by atoms with Crippen LogP contribution >= 0.6 is 0 Å². The van der Waals surface area contributed by atoms with Crippen molar-refractivity contribution in [3.63, 3.8) is 0 Å². The molecule has 2 aromatic rings. The number of carboxylic acids is 1. The summed E-state index contributed by atoms with van der Waals surface area (Å²) in [6.45, 7) is 1.85. The smallest absolute Gasteiger partial charge is 0.303 e. The second kappa shape index (κ2) is 5.82. The number of halogens is 2. The zero-order valence-electron chi connectivity index (χ0n) is 11.0. The Morgan fingerprint density at radius 1 is 1.10 bits per heavy atom. The topological polar surface area (TPSA) is 37.3 Å². The van der Waals surface area contributed by atoms with Gasteiger partial charge in [0.25, 0.3) is 0 Å². The normalized spacial score (nSPS) is 10.6. The van der Waals surface area contributed by atoms with E-state index >= 15 is 0 Å². The quantitative estimate of drug-likeness (QED) is 0.917. The first-order valence-electron chi connectivity index (χ1n) is 6.23. The largest absolute Gasteiger partial charge is 0.481 e. The van der Waals surface area contributed by atoms with Crippen molar-refractivity contribution >= 4 is 5.97 Å². The van der Waals surface area contributed by atoms with Gasteiger partial charge in [0.15, 0.2) is 0 Å². The molecular formula is C16H14F2O2. The number of benzene rings is 2. The van der Waals surface area contributed by atoms with Crippen molar-refractivity contribution in [3.05, 3.63) is 59.2 Å². The van der Waals surface area contributed by atoms with Gasteiger partial charge in [-0.05, 0) is 47.7 Å². The van der Waals surface area contributed by atoms with Crippen LogP contribution in [-0.4, -0.2) is 11.1 Å². The summed E-state index contributed by atoms with van der Waals surface area (Å²) < 4.78 is 26.6. The van der Waals surface area contributed by atoms with Gasteiger partial charge in [-0.2, -0.15) is 0 Å². The number of hydrogen-bond donors (Lipinski definition) is 1. The van der Waals surface area contributed by atoms with Crippen LogP contribution in [0.2, 0.25) is 0 Å². The lowest BCUT2D eigenvalue weighted by atomic mass is 9.96. The van der Waals surface area contributed by atoms with E-state index in [2.05, 4.69) is 0 Å². The van der Waals surface area contributed by atoms with E-state index in [4.69, 9.17) is 5.11 Å². The number of carboxylic acid groups (broad SMARTS) is 1. The maximum Gasteiger partial charge on any atom is 0.303 e. The summed E-state index contributed by atoms with van der Waals surface area (Å²) >= 11 is 0. The lowest BCUT2D eigenvalue weighted by molar-refractivity contribution is -0.136. The first kappa shape index (κ1) is 14.2. The molecule has 0 aromatic heterocycles. The van der Waals surface area contributed by atoms with Gasteiger partial charge in [0.05, 0.1) is 0 Å². The van der Waals surface area contributed by atoms with Crippen LogP contribution in [0.5, 0.6) is 0 Å². The molecule has 0 amide bonds. The Labute approximate surface area is 115 Å². The van der Waals surface area contributed by atoms with Gasteiger partial charge < -0.3 is 5.11 Å². The Bertz CT molecular complexity index is 631. The Hall–Kier alpha value is -2.23. The highest BCUT2D eigenvalue weighted by molar-refractivity contribution is 5.69. The average Bonchev–Trinajstić information content (AvgIpc) is 2.36. The summed E-state index contributed by atoms with van der Waals surface area (Å²) in [4.78, 5) is 10.6. The second-order valence-corrected chi connectivity index (χ2v) is 4.70. The lowest BCUT2D eigenvalue weighted by Crippen LogP contribution is -1.98. The van der Waals surface area contributed by atoms with Gasteiger partial charge in [-0.1, -0.05) is 18.2 Å². The van der Waals surface area contributed by atoms with Gasteiger partial charge in [-0.15, -0.1) is 0 Å². The van der Waals surface area contributed by atoms with Crippen LogP contribution in [0.15, 0.2) is 36.4 Å². The van der Waals surface area contributed by atoms with Crippen molar-refractivity contribution in [2.75, 3.05) is 0 Å². The molecule has 2 aromatic carbocycles. The van der Waals surface area contributed by atoms with Gasteiger partial charge in [0.2, 0.25) is 0 Å². The Morgan fingerprint density at radius 3 is 2.35 bits per heavy atom. The van der Waals surface area contributed by atoms with E-state index in [1.807, 2.05) is 19.1 Å². The molecule has 0 spiro atoms. The minimum Gasteiger partial charge on any atom is -0.481 e. The molecule has 20 heavy (non-hydrogen) atoms. The maximum atomic E-state index is 13.3. The molecule has 4 heteroatoms. The molecule has 0 aliphatic heterocycles. The summed E-state index contributed by atoms with van der Waals surface area (Å²) in [6.07, 6.45) is 0.417. The third kappa shape index (κ3) is 3.41. The van der Waals surface area contributed by atoms with Crippen LogP contribution in [0.1, 0.15) is 17.5 Å². The molecule has 0 atom stereocenters. The predicted octanol–water partition coefficient (Wildman–Crippen LogP) is 3.96. The van der Waals surface area contributed by atoms with Crippen molar-refractivity contribution in [2.24, 2.45) is 0 Å². The standard InChI is InChI=1S/C16H14F2O2/c1-10-2-3-11(4-5-16(19)20)6-15(10)12-7-13(17)9-14(18)8-12/h2-3,6-9H,4-5H2,1H3,(H,19,20). The van der Waals surface area contributed by atoms with E-state index in [-0.39, 0.29) is 6.42 Å². The monoisotopic (exact) mass is 276 g/mol. The third-order valence-electron chi connectivity index (χ3n) is 3.10. The molecule has 0 fully saturated rings. The van der Waals surface area contributed by atoms with E-state index in [1.165, 1.54) is 12.1 Å². The van der Waals surface area contributed by atoms with E-state index in [1.54, 1.807) is 6.07 Å². The van der Waals surface area contributed by atoms with Crippen molar-refractivity contribution in [1.82, 2.24) is 0 Å². The number of hydrogen-bond acceptors (Lipinski definition) is 1. The zero-order chi connectivity index (χ0) is 14.7. The van der Waals surface area contributed by atoms with Gasteiger partial charge in [0.1, 0.15) is 11.6 Å². The van der Waals surface area contributed by atoms with Crippen molar-refractivity contribution in [3.8, 4) is 11.1 Å². The molecule has 0 radical (unpaired) electrons. The van der Waals surface area contributed by atoms with Crippen LogP contribution in [0.3, 0.4) is 0 Å². The Balaban J connectivity index is 2.39. The highest BCUT2D eigenvalue weighted by Gasteiger charge is 2.08. The molecule has 0 bridgehead atoms. The molecule has 0 saturated carbocycles. The third-order valence-corrected chi connectivity index (χ3v) is 3.10. The van der Waals surface area contributed by atoms with Crippen molar-refractivity contribution in [1.29, 1.82) is 0 Å². The first-order chi connectivity index (χ1) is 9.45. The highest BCUT2D eigenvalue weighted by Crippen LogP contribution is 2.26. The Kier molecular flexibility index (Phi) is 4.13. The molecule has 2 nitrogen and oxygen atoms in total. The van der Waals surface area contributed by atoms with Gasteiger partial charge in [0, 0.05) is 12.5 Å². The first-order valence-corrected chi connectivity index (χ1v) is 6.23. The molecule has 0 unspecified atom stereocenters. The molecule has 0 aliphatic rings. The van der Waals surface area contributed by atoms with Crippen molar-refractivity contribution < 1.29 is 18.7 Å². The molecular weight excluding hydrogens is 262 g/mol. The van der Waals surface area contributed by atoms with E-state index < -0.39 is 17.6 Å². The van der Waals surface area contributed by atoms with Crippen LogP contribution in [0, 0.1) is 18.6 Å². The number of carbonyl (C=O) groups is 1. The second-order valence-electron chi connectivity index (χ2n) is 4.70. The number of rotatable bonds is 4. The van der Waals surface area contributed by atoms with Crippen LogP contribution in [-0.2, 0) is 11.2 Å². The minimum absolute atomic E-state index is 0.0278. The van der Waals surface area contributed by atoms with Crippen LogP contribution in [0.4, 0.5) is 8.78 Å². The molecule has 0 saturated heterocycles. The SMILES string of the molecule is Cc1ccc(CCC(=O)O)cc1-c1cc(F)cc(F)c1. The average molecular weight is 276 g/mol. The summed E-state index contributed by atoms with van der Waals surface area (Å²) in [5.41, 5.74) is 2.88. The van der Waals surface area contributed by atoms with E-state index in [0.717, 1.165) is 17.2 Å². The summed E-state index contributed by atoms with van der Waals surface area (Å²) in [7, 11) is 0. The fraction of sp³-hybridized carbons (Fsp3) is 0.188. The minimum atomic E-state index is -0.871. The predicted molar refractivity (Wildman–Crippen MR) is 72.5 cm³/mol. The van der Waals surface area contributed by atoms with Gasteiger partial charge in [-0.25, -0.2) is 8.78 Å². The number of aryl methyl sites for hydroxylation is 2. The highest BCUT2D eigenvalue weighted by atomic mass is 19.1. The number of aliphatic carboxylic acids is 1.